The molecule has 0 aliphatic carbocycles. The van der Waals surface area contributed by atoms with Crippen LogP contribution in [0, 0.1) is 11.3 Å². The van der Waals surface area contributed by atoms with E-state index in [9.17, 15) is 4.79 Å². The van der Waals surface area contributed by atoms with Crippen LogP contribution in [0.15, 0.2) is 77.3 Å². The maximum absolute atomic E-state index is 12.5. The molecule has 1 amide bonds. The third kappa shape index (κ3) is 3.88. The van der Waals surface area contributed by atoms with E-state index in [-0.39, 0.29) is 5.91 Å². The van der Waals surface area contributed by atoms with Gasteiger partial charge in [-0.3, -0.25) is 4.79 Å². The molecule has 0 fully saturated rings. The third-order valence-corrected chi connectivity index (χ3v) is 4.40. The van der Waals surface area contributed by atoms with Crippen LogP contribution in [-0.2, 0) is 0 Å². The van der Waals surface area contributed by atoms with Crippen LogP contribution in [0.1, 0.15) is 15.9 Å². The van der Waals surface area contributed by atoms with Gasteiger partial charge in [0.2, 0.25) is 5.82 Å². The number of methoxy groups -OCH3 is 1. The smallest absolute Gasteiger partial charge is 0.262 e. The lowest BCUT2D eigenvalue weighted by molar-refractivity contribution is 0.102. The van der Waals surface area contributed by atoms with Crippen LogP contribution < -0.4 is 10.1 Å². The average Bonchev–Trinajstić information content (AvgIpc) is 3.29. The Morgan fingerprint density at radius 3 is 2.73 bits per heavy atom. The molecule has 0 aliphatic heterocycles. The first kappa shape index (κ1) is 18.9. The van der Waals surface area contributed by atoms with Crippen molar-refractivity contribution in [3.63, 3.8) is 0 Å². The predicted octanol–water partition coefficient (Wildman–Crippen LogP) is 4.54. The van der Waals surface area contributed by atoms with Crippen LogP contribution in [0.5, 0.6) is 5.75 Å². The Labute approximate surface area is 172 Å². The van der Waals surface area contributed by atoms with Crippen LogP contribution in [-0.4, -0.2) is 23.2 Å². The topological polar surface area (TPSA) is 101 Å². The Balaban J connectivity index is 1.58. The van der Waals surface area contributed by atoms with Gasteiger partial charge in [0, 0.05) is 16.8 Å². The number of nitrogens with zero attached hydrogens (tertiary/aromatic N) is 3. The first-order valence-electron chi connectivity index (χ1n) is 9.07. The lowest BCUT2D eigenvalue weighted by Crippen LogP contribution is -2.12. The number of hydrogen-bond acceptors (Lipinski definition) is 6. The molecule has 7 nitrogen and oxygen atoms in total. The molecule has 0 saturated heterocycles. The summed E-state index contributed by atoms with van der Waals surface area (Å²) in [6, 6.07) is 23.0. The molecule has 0 saturated carbocycles. The molecule has 30 heavy (non-hydrogen) atoms. The molecule has 0 unspecified atom stereocenters. The molecule has 7 heteroatoms. The van der Waals surface area contributed by atoms with Crippen molar-refractivity contribution in [1.82, 2.24) is 10.1 Å². The molecule has 0 aliphatic rings. The number of nitriles is 1. The zero-order valence-electron chi connectivity index (χ0n) is 16.0. The Morgan fingerprint density at radius 1 is 1.07 bits per heavy atom. The molecule has 0 spiro atoms. The largest absolute Gasteiger partial charge is 0.496 e. The Morgan fingerprint density at radius 2 is 1.90 bits per heavy atom. The minimum absolute atomic E-state index is 0.313. The van der Waals surface area contributed by atoms with E-state index in [0.717, 1.165) is 0 Å². The minimum Gasteiger partial charge on any atom is -0.496 e. The molecule has 1 N–H and O–H groups in total. The Bertz CT molecular complexity index is 1260. The second kappa shape index (κ2) is 8.29. The number of nitrogens with one attached hydrogen (secondary N) is 1. The quantitative estimate of drug-likeness (QED) is 0.532. The first-order chi connectivity index (χ1) is 14.7. The lowest BCUT2D eigenvalue weighted by atomic mass is 10.1. The van der Waals surface area contributed by atoms with Gasteiger partial charge >= 0.3 is 0 Å². The molecule has 4 rings (SSSR count). The van der Waals surface area contributed by atoms with Gasteiger partial charge in [-0.1, -0.05) is 35.5 Å². The second-order valence-corrected chi connectivity index (χ2v) is 6.35. The van der Waals surface area contributed by atoms with Crippen molar-refractivity contribution in [3.05, 3.63) is 83.9 Å². The number of ether oxygens (including phenoxy) is 1. The summed E-state index contributed by atoms with van der Waals surface area (Å²) in [5.74, 6) is 1.05. The lowest BCUT2D eigenvalue weighted by Gasteiger charge is -2.06. The van der Waals surface area contributed by atoms with Gasteiger partial charge < -0.3 is 14.6 Å². The van der Waals surface area contributed by atoms with Crippen molar-refractivity contribution in [3.8, 4) is 34.7 Å². The van der Waals surface area contributed by atoms with Crippen LogP contribution in [0.4, 0.5) is 5.69 Å². The minimum atomic E-state index is -0.313. The maximum Gasteiger partial charge on any atom is 0.262 e. The highest BCUT2D eigenvalue weighted by atomic mass is 16.5. The monoisotopic (exact) mass is 396 g/mol. The van der Waals surface area contributed by atoms with Crippen molar-refractivity contribution in [2.45, 2.75) is 0 Å². The summed E-state index contributed by atoms with van der Waals surface area (Å²) >= 11 is 0. The molecule has 146 valence electrons. The third-order valence-electron chi connectivity index (χ3n) is 4.40. The van der Waals surface area contributed by atoms with Gasteiger partial charge in [-0.05, 0) is 42.5 Å². The summed E-state index contributed by atoms with van der Waals surface area (Å²) in [6.07, 6.45) is 0. The molecule has 1 heterocycles. The highest BCUT2D eigenvalue weighted by Crippen LogP contribution is 2.30. The van der Waals surface area contributed by atoms with Crippen LogP contribution >= 0.6 is 0 Å². The zero-order valence-corrected chi connectivity index (χ0v) is 16.0. The van der Waals surface area contributed by atoms with Crippen LogP contribution in [0.2, 0.25) is 0 Å². The van der Waals surface area contributed by atoms with E-state index in [1.54, 1.807) is 43.5 Å². The van der Waals surface area contributed by atoms with E-state index in [0.29, 0.717) is 45.4 Å². The van der Waals surface area contributed by atoms with E-state index in [4.69, 9.17) is 14.5 Å². The van der Waals surface area contributed by atoms with Crippen molar-refractivity contribution in [2.24, 2.45) is 0 Å². The number of amides is 1. The van der Waals surface area contributed by atoms with Gasteiger partial charge in [-0.15, -0.1) is 0 Å². The summed E-state index contributed by atoms with van der Waals surface area (Å²) in [5.41, 5.74) is 2.78. The fourth-order valence-electron chi connectivity index (χ4n) is 2.94. The summed E-state index contributed by atoms with van der Waals surface area (Å²) in [5, 5.41) is 15.9. The van der Waals surface area contributed by atoms with Gasteiger partial charge in [0.05, 0.1) is 24.3 Å². The average molecular weight is 396 g/mol. The number of carbonyl (C=O) groups is 1. The summed E-state index contributed by atoms with van der Waals surface area (Å²) in [6.45, 7) is 0. The highest BCUT2D eigenvalue weighted by molar-refractivity contribution is 6.04. The number of rotatable bonds is 5. The molecule has 4 aromatic rings. The molecule has 1 aromatic heterocycles. The van der Waals surface area contributed by atoms with Crippen LogP contribution in [0.3, 0.4) is 0 Å². The summed E-state index contributed by atoms with van der Waals surface area (Å²) in [4.78, 5) is 17.0. The number of carbonyl (C=O) groups excluding carboxylic acids is 1. The normalized spacial score (nSPS) is 10.3. The molecule has 0 bridgehead atoms. The van der Waals surface area contributed by atoms with Gasteiger partial charge in [0.15, 0.2) is 0 Å². The summed E-state index contributed by atoms with van der Waals surface area (Å²) < 4.78 is 10.7. The SMILES string of the molecule is COc1ccccc1-c1nc(-c2cccc(NC(=O)c3cccc(C#N)c3)c2)no1. The van der Waals surface area contributed by atoms with E-state index < -0.39 is 0 Å². The molecular weight excluding hydrogens is 380 g/mol. The fourth-order valence-corrected chi connectivity index (χ4v) is 2.94. The summed E-state index contributed by atoms with van der Waals surface area (Å²) in [7, 11) is 1.58. The number of aromatic nitrogens is 2. The fraction of sp³-hybridized carbons (Fsp3) is 0.0435. The Hall–Kier alpha value is -4.44. The van der Waals surface area contributed by atoms with Crippen LogP contribution in [0.25, 0.3) is 22.8 Å². The first-order valence-corrected chi connectivity index (χ1v) is 9.07. The number of para-hydroxylation sites is 1. The number of hydrogen-bond donors (Lipinski definition) is 1. The van der Waals surface area contributed by atoms with Crippen molar-refractivity contribution >= 4 is 11.6 Å². The number of benzene rings is 3. The van der Waals surface area contributed by atoms with Crippen molar-refractivity contribution in [2.75, 3.05) is 12.4 Å². The van der Waals surface area contributed by atoms with E-state index in [2.05, 4.69) is 15.5 Å². The van der Waals surface area contributed by atoms with E-state index >= 15 is 0 Å². The standard InChI is InChI=1S/C23H16N4O3/c1-29-20-11-3-2-10-19(20)23-26-21(27-30-23)16-7-5-9-18(13-16)25-22(28)17-8-4-6-15(12-17)14-24/h2-13H,1H3,(H,25,28). The zero-order chi connectivity index (χ0) is 20.9. The van der Waals surface area contributed by atoms with Crippen molar-refractivity contribution in [1.29, 1.82) is 5.26 Å². The Kier molecular flexibility index (Phi) is 5.22. The molecule has 3 aromatic carbocycles. The molecular formula is C23H16N4O3. The van der Waals surface area contributed by atoms with Gasteiger partial charge in [-0.25, -0.2) is 0 Å². The maximum atomic E-state index is 12.5. The van der Waals surface area contributed by atoms with E-state index in [1.165, 1.54) is 6.07 Å². The van der Waals surface area contributed by atoms with Gasteiger partial charge in [0.25, 0.3) is 11.8 Å². The van der Waals surface area contributed by atoms with Gasteiger partial charge in [0.1, 0.15) is 5.75 Å². The highest BCUT2D eigenvalue weighted by Gasteiger charge is 2.15. The predicted molar refractivity (Wildman–Crippen MR) is 111 cm³/mol. The number of anilines is 1. The van der Waals surface area contributed by atoms with E-state index in [1.807, 2.05) is 36.4 Å². The molecule has 0 radical (unpaired) electrons. The molecule has 0 atom stereocenters. The van der Waals surface area contributed by atoms with Crippen molar-refractivity contribution < 1.29 is 14.1 Å². The van der Waals surface area contributed by atoms with Gasteiger partial charge in [-0.2, -0.15) is 10.2 Å². The second-order valence-electron chi connectivity index (χ2n) is 6.35.